The van der Waals surface area contributed by atoms with Gasteiger partial charge >= 0.3 is 6.01 Å². The predicted molar refractivity (Wildman–Crippen MR) is 146 cm³/mol. The van der Waals surface area contributed by atoms with E-state index in [0.29, 0.717) is 36.6 Å². The Kier molecular flexibility index (Phi) is 6.41. The highest BCUT2D eigenvalue weighted by Crippen LogP contribution is 2.25. The molecule has 196 valence electrons. The molecule has 0 spiro atoms. The van der Waals surface area contributed by atoms with Crippen LogP contribution in [0.3, 0.4) is 0 Å². The zero-order chi connectivity index (χ0) is 26.8. The Balaban J connectivity index is 1.20. The highest BCUT2D eigenvalue weighted by atomic mass is 16.5. The van der Waals surface area contributed by atoms with Crippen molar-refractivity contribution in [1.82, 2.24) is 39.2 Å². The lowest BCUT2D eigenvalue weighted by Gasteiger charge is -2.35. The first-order chi connectivity index (χ1) is 19.1. The highest BCUT2D eigenvalue weighted by molar-refractivity contribution is 5.73. The molecule has 1 N–H and O–H groups in total. The SMILES string of the molecule is COc1ncc(-c2ccc3ncc(-c4ccnc(Nc5ccc(N6CCN(C(C)=O)CC6)cn5)n4)n3c2)cn1. The van der Waals surface area contributed by atoms with Gasteiger partial charge in [-0.1, -0.05) is 0 Å². The lowest BCUT2D eigenvalue weighted by Crippen LogP contribution is -2.48. The summed E-state index contributed by atoms with van der Waals surface area (Å²) in [6.45, 7) is 4.61. The Labute approximate surface area is 224 Å². The Morgan fingerprint density at radius 3 is 2.41 bits per heavy atom. The van der Waals surface area contributed by atoms with Gasteiger partial charge in [0.15, 0.2) is 0 Å². The Morgan fingerprint density at radius 1 is 0.872 bits per heavy atom. The van der Waals surface area contributed by atoms with Gasteiger partial charge in [-0.2, -0.15) is 0 Å². The molecule has 0 aromatic carbocycles. The molecular formula is C27H26N10O2. The van der Waals surface area contributed by atoms with Crippen LogP contribution in [0.1, 0.15) is 6.92 Å². The minimum Gasteiger partial charge on any atom is -0.467 e. The molecule has 0 atom stereocenters. The Hall–Kier alpha value is -5.13. The fourth-order valence-corrected chi connectivity index (χ4v) is 4.51. The van der Waals surface area contributed by atoms with Crippen LogP contribution in [-0.4, -0.2) is 78.4 Å². The van der Waals surface area contributed by atoms with E-state index >= 15 is 0 Å². The van der Waals surface area contributed by atoms with Crippen molar-refractivity contribution in [3.8, 4) is 28.5 Å². The second-order valence-electron chi connectivity index (χ2n) is 9.03. The van der Waals surface area contributed by atoms with Crippen molar-refractivity contribution in [2.24, 2.45) is 0 Å². The molecular weight excluding hydrogens is 496 g/mol. The summed E-state index contributed by atoms with van der Waals surface area (Å²) in [5.74, 6) is 1.18. The van der Waals surface area contributed by atoms with Crippen molar-refractivity contribution >= 4 is 29.0 Å². The number of aromatic nitrogens is 7. The van der Waals surface area contributed by atoms with E-state index in [-0.39, 0.29) is 5.91 Å². The molecule has 5 aromatic rings. The largest absolute Gasteiger partial charge is 0.467 e. The molecule has 1 amide bonds. The number of nitrogens with one attached hydrogen (secondary N) is 1. The van der Waals surface area contributed by atoms with E-state index < -0.39 is 0 Å². The summed E-state index contributed by atoms with van der Waals surface area (Å²) in [6.07, 6.45) is 10.7. The third-order valence-electron chi connectivity index (χ3n) is 6.65. The van der Waals surface area contributed by atoms with Crippen LogP contribution < -0.4 is 15.0 Å². The quantitative estimate of drug-likeness (QED) is 0.355. The van der Waals surface area contributed by atoms with Gasteiger partial charge in [-0.3, -0.25) is 9.20 Å². The fraction of sp³-hybridized carbons (Fsp3) is 0.222. The van der Waals surface area contributed by atoms with E-state index in [9.17, 15) is 4.79 Å². The van der Waals surface area contributed by atoms with Crippen LogP contribution in [0.5, 0.6) is 6.01 Å². The second-order valence-corrected chi connectivity index (χ2v) is 9.03. The zero-order valence-corrected chi connectivity index (χ0v) is 21.5. The lowest BCUT2D eigenvalue weighted by molar-refractivity contribution is -0.129. The molecule has 39 heavy (non-hydrogen) atoms. The van der Waals surface area contributed by atoms with Crippen LogP contribution in [0, 0.1) is 0 Å². The standard InChI is InChI=1S/C27H26N10O2/c1-18(38)35-9-11-36(12-10-35)21-4-5-24(29-15-21)34-26-28-8-7-22(33-26)23-16-30-25-6-3-19(17-37(23)25)20-13-31-27(39-2)32-14-20/h3-8,13-17H,9-12H2,1-2H3,(H,28,29,33,34). The van der Waals surface area contributed by atoms with E-state index in [4.69, 9.17) is 9.72 Å². The van der Waals surface area contributed by atoms with Crippen molar-refractivity contribution in [2.75, 3.05) is 43.5 Å². The van der Waals surface area contributed by atoms with Gasteiger partial charge in [0.1, 0.15) is 11.5 Å². The third kappa shape index (κ3) is 5.04. The van der Waals surface area contributed by atoms with Gasteiger partial charge < -0.3 is 19.9 Å². The number of pyridine rings is 2. The van der Waals surface area contributed by atoms with Crippen LogP contribution >= 0.6 is 0 Å². The lowest BCUT2D eigenvalue weighted by atomic mass is 10.1. The number of anilines is 3. The number of carbonyl (C=O) groups excluding carboxylic acids is 1. The van der Waals surface area contributed by atoms with Gasteiger partial charge in [0, 0.05) is 69.0 Å². The third-order valence-corrected chi connectivity index (χ3v) is 6.65. The fourth-order valence-electron chi connectivity index (χ4n) is 4.51. The van der Waals surface area contributed by atoms with Gasteiger partial charge in [-0.25, -0.2) is 29.9 Å². The molecule has 1 aliphatic heterocycles. The molecule has 6 heterocycles. The molecule has 0 radical (unpaired) electrons. The summed E-state index contributed by atoms with van der Waals surface area (Å²) < 4.78 is 7.04. The van der Waals surface area contributed by atoms with Crippen LogP contribution in [0.15, 0.2) is 67.5 Å². The summed E-state index contributed by atoms with van der Waals surface area (Å²) in [4.78, 5) is 42.2. The number of nitrogens with zero attached hydrogens (tertiary/aromatic N) is 9. The molecule has 0 aliphatic carbocycles. The van der Waals surface area contributed by atoms with Crippen molar-refractivity contribution < 1.29 is 9.53 Å². The highest BCUT2D eigenvalue weighted by Gasteiger charge is 2.19. The van der Waals surface area contributed by atoms with Crippen molar-refractivity contribution in [3.05, 3.63) is 67.5 Å². The maximum Gasteiger partial charge on any atom is 0.316 e. The number of piperazine rings is 1. The van der Waals surface area contributed by atoms with Gasteiger partial charge in [-0.05, 0) is 30.3 Å². The molecule has 1 fully saturated rings. The maximum atomic E-state index is 11.6. The first-order valence-corrected chi connectivity index (χ1v) is 12.5. The number of carbonyl (C=O) groups is 1. The number of amides is 1. The molecule has 1 saturated heterocycles. The molecule has 5 aromatic heterocycles. The zero-order valence-electron chi connectivity index (χ0n) is 21.5. The monoisotopic (exact) mass is 522 g/mol. The average molecular weight is 523 g/mol. The number of methoxy groups -OCH3 is 1. The molecule has 12 heteroatoms. The van der Waals surface area contributed by atoms with E-state index in [1.165, 1.54) is 7.11 Å². The normalized spacial score (nSPS) is 13.5. The molecule has 12 nitrogen and oxygen atoms in total. The number of hydrogen-bond acceptors (Lipinski definition) is 10. The van der Waals surface area contributed by atoms with Gasteiger partial charge in [0.25, 0.3) is 0 Å². The topological polar surface area (TPSA) is 127 Å². The second kappa shape index (κ2) is 10.3. The Bertz CT molecular complexity index is 1610. The number of imidazole rings is 1. The van der Waals surface area contributed by atoms with Crippen molar-refractivity contribution in [3.63, 3.8) is 0 Å². The molecule has 6 rings (SSSR count). The number of hydrogen-bond donors (Lipinski definition) is 1. The van der Waals surface area contributed by atoms with Crippen LogP contribution in [0.2, 0.25) is 0 Å². The summed E-state index contributed by atoms with van der Waals surface area (Å²) >= 11 is 0. The average Bonchev–Trinajstić information content (AvgIpc) is 3.41. The summed E-state index contributed by atoms with van der Waals surface area (Å²) in [5, 5.41) is 3.19. The first kappa shape index (κ1) is 24.2. The molecule has 0 unspecified atom stereocenters. The molecule has 0 bridgehead atoms. The summed E-state index contributed by atoms with van der Waals surface area (Å²) in [6, 6.07) is 9.99. The minimum atomic E-state index is 0.116. The summed E-state index contributed by atoms with van der Waals surface area (Å²) in [5.41, 5.74) is 5.13. The van der Waals surface area contributed by atoms with Gasteiger partial charge in [0.2, 0.25) is 11.9 Å². The smallest absolute Gasteiger partial charge is 0.316 e. The van der Waals surface area contributed by atoms with Crippen molar-refractivity contribution in [2.45, 2.75) is 6.92 Å². The van der Waals surface area contributed by atoms with E-state index in [0.717, 1.165) is 41.2 Å². The van der Waals surface area contributed by atoms with Crippen LogP contribution in [0.4, 0.5) is 17.5 Å². The first-order valence-electron chi connectivity index (χ1n) is 12.5. The van der Waals surface area contributed by atoms with E-state index in [1.54, 1.807) is 31.7 Å². The van der Waals surface area contributed by atoms with Gasteiger partial charge in [0.05, 0.1) is 36.6 Å². The minimum absolute atomic E-state index is 0.116. The number of fused-ring (bicyclic) bond motifs is 1. The van der Waals surface area contributed by atoms with E-state index in [1.807, 2.05) is 52.0 Å². The van der Waals surface area contributed by atoms with Crippen LogP contribution in [0.25, 0.3) is 28.2 Å². The van der Waals surface area contributed by atoms with Gasteiger partial charge in [-0.15, -0.1) is 0 Å². The Morgan fingerprint density at radius 2 is 1.69 bits per heavy atom. The summed E-state index contributed by atoms with van der Waals surface area (Å²) in [7, 11) is 1.54. The van der Waals surface area contributed by atoms with E-state index in [2.05, 4.69) is 35.1 Å². The van der Waals surface area contributed by atoms with Crippen LogP contribution in [-0.2, 0) is 4.79 Å². The van der Waals surface area contributed by atoms with Crippen molar-refractivity contribution in [1.29, 1.82) is 0 Å². The number of ether oxygens (including phenoxy) is 1. The molecule has 0 saturated carbocycles. The number of rotatable bonds is 6. The molecule has 1 aliphatic rings. The maximum absolute atomic E-state index is 11.6. The predicted octanol–water partition coefficient (Wildman–Crippen LogP) is 3.06.